The third kappa shape index (κ3) is 4.96. The van der Waals surface area contributed by atoms with E-state index in [1.165, 1.54) is 0 Å². The lowest BCUT2D eigenvalue weighted by atomic mass is 10.1. The molecule has 0 N–H and O–H groups in total. The van der Waals surface area contributed by atoms with Crippen molar-refractivity contribution in [2.75, 3.05) is 0 Å². The van der Waals surface area contributed by atoms with Gasteiger partial charge in [-0.1, -0.05) is 38.5 Å². The van der Waals surface area contributed by atoms with E-state index in [1.807, 2.05) is 46.8 Å². The van der Waals surface area contributed by atoms with Crippen LogP contribution in [0.15, 0.2) is 24.3 Å². The molecule has 1 atom stereocenters. The molecule has 1 unspecified atom stereocenters. The predicted molar refractivity (Wildman–Crippen MR) is 67.7 cm³/mol. The maximum atomic E-state index is 11.5. The molecule has 0 aromatic heterocycles. The first-order chi connectivity index (χ1) is 7.63. The Bertz CT molecular complexity index is 301. The molecule has 0 aliphatic rings. The molecule has 0 amide bonds. The summed E-state index contributed by atoms with van der Waals surface area (Å²) in [5.41, 5.74) is 1.76. The second-order valence-corrected chi connectivity index (χ2v) is 3.49. The molecule has 1 aromatic carbocycles. The molecular formula is C14H22O2. The van der Waals surface area contributed by atoms with Gasteiger partial charge < -0.3 is 4.74 Å². The number of esters is 1. The van der Waals surface area contributed by atoms with E-state index in [9.17, 15) is 4.79 Å². The maximum Gasteiger partial charge on any atom is 0.338 e. The second kappa shape index (κ2) is 7.91. The van der Waals surface area contributed by atoms with Gasteiger partial charge in [-0.3, -0.25) is 0 Å². The Labute approximate surface area is 98.6 Å². The Morgan fingerprint density at radius 3 is 2.19 bits per heavy atom. The fourth-order valence-corrected chi connectivity index (χ4v) is 1.02. The van der Waals surface area contributed by atoms with Crippen LogP contribution in [-0.4, -0.2) is 12.1 Å². The third-order valence-electron chi connectivity index (χ3n) is 2.17. The van der Waals surface area contributed by atoms with Crippen LogP contribution in [-0.2, 0) is 4.74 Å². The number of rotatable bonds is 3. The van der Waals surface area contributed by atoms with Crippen molar-refractivity contribution < 1.29 is 9.53 Å². The molecule has 0 saturated carbocycles. The number of ether oxygens (including phenoxy) is 1. The number of carbonyl (C=O) groups is 1. The Hall–Kier alpha value is -1.31. The zero-order valence-corrected chi connectivity index (χ0v) is 10.9. The summed E-state index contributed by atoms with van der Waals surface area (Å²) in [6.45, 7) is 9.88. The summed E-state index contributed by atoms with van der Waals surface area (Å²) in [6.07, 6.45) is 0.834. The molecule has 2 heteroatoms. The first kappa shape index (κ1) is 14.7. The van der Waals surface area contributed by atoms with Gasteiger partial charge in [-0.15, -0.1) is 0 Å². The first-order valence-electron chi connectivity index (χ1n) is 5.91. The van der Waals surface area contributed by atoms with Crippen molar-refractivity contribution in [1.29, 1.82) is 0 Å². The smallest absolute Gasteiger partial charge is 0.338 e. The molecule has 0 fully saturated rings. The highest BCUT2D eigenvalue weighted by molar-refractivity contribution is 5.89. The Morgan fingerprint density at radius 2 is 1.75 bits per heavy atom. The minimum Gasteiger partial charge on any atom is -0.459 e. The quantitative estimate of drug-likeness (QED) is 0.723. The predicted octanol–water partition coefficient (Wildman–Crippen LogP) is 3.98. The van der Waals surface area contributed by atoms with Crippen LogP contribution in [0.5, 0.6) is 0 Å². The molecule has 0 saturated heterocycles. The normalized spacial score (nSPS) is 11.1. The van der Waals surface area contributed by atoms with E-state index in [-0.39, 0.29) is 12.1 Å². The third-order valence-corrected chi connectivity index (χ3v) is 2.17. The van der Waals surface area contributed by atoms with Crippen LogP contribution in [0.25, 0.3) is 0 Å². The Balaban J connectivity index is 0.00000106. The van der Waals surface area contributed by atoms with E-state index < -0.39 is 0 Å². The van der Waals surface area contributed by atoms with Gasteiger partial charge in [-0.05, 0) is 32.4 Å². The fourth-order valence-electron chi connectivity index (χ4n) is 1.02. The summed E-state index contributed by atoms with van der Waals surface area (Å²) in [4.78, 5) is 11.5. The summed E-state index contributed by atoms with van der Waals surface area (Å²) in [7, 11) is 0. The van der Waals surface area contributed by atoms with E-state index >= 15 is 0 Å². The van der Waals surface area contributed by atoms with Gasteiger partial charge in [0.1, 0.15) is 0 Å². The van der Waals surface area contributed by atoms with Gasteiger partial charge in [0.25, 0.3) is 0 Å². The highest BCUT2D eigenvalue weighted by Gasteiger charge is 2.09. The molecule has 16 heavy (non-hydrogen) atoms. The van der Waals surface area contributed by atoms with Gasteiger partial charge in [0.05, 0.1) is 11.7 Å². The van der Waals surface area contributed by atoms with Crippen molar-refractivity contribution in [3.8, 4) is 0 Å². The standard InChI is InChI=1S/C12H16O2.C2H6/c1-4-10(3)14-12(13)11-7-5-9(2)6-8-11;1-2/h5-8,10H,4H2,1-3H3;1-2H3. The second-order valence-electron chi connectivity index (χ2n) is 3.49. The lowest BCUT2D eigenvalue weighted by Crippen LogP contribution is -2.13. The molecule has 0 aliphatic heterocycles. The van der Waals surface area contributed by atoms with Crippen molar-refractivity contribution >= 4 is 5.97 Å². The molecule has 90 valence electrons. The van der Waals surface area contributed by atoms with Crippen molar-refractivity contribution in [3.05, 3.63) is 35.4 Å². The van der Waals surface area contributed by atoms with Crippen LogP contribution in [0.4, 0.5) is 0 Å². The Morgan fingerprint density at radius 1 is 1.25 bits per heavy atom. The molecule has 0 radical (unpaired) electrons. The number of hydrogen-bond acceptors (Lipinski definition) is 2. The average molecular weight is 222 g/mol. The SMILES string of the molecule is CC.CCC(C)OC(=O)c1ccc(C)cc1. The van der Waals surface area contributed by atoms with Crippen LogP contribution in [0.1, 0.15) is 50.0 Å². The van der Waals surface area contributed by atoms with Crippen LogP contribution in [0.2, 0.25) is 0 Å². The minimum absolute atomic E-state index is 0.0104. The molecule has 2 nitrogen and oxygen atoms in total. The van der Waals surface area contributed by atoms with Gasteiger partial charge >= 0.3 is 5.97 Å². The van der Waals surface area contributed by atoms with Crippen molar-refractivity contribution in [1.82, 2.24) is 0 Å². The number of aryl methyl sites for hydroxylation is 1. The first-order valence-corrected chi connectivity index (χ1v) is 5.91. The van der Waals surface area contributed by atoms with Crippen LogP contribution >= 0.6 is 0 Å². The maximum absolute atomic E-state index is 11.5. The zero-order chi connectivity index (χ0) is 12.6. The van der Waals surface area contributed by atoms with Gasteiger partial charge in [0, 0.05) is 0 Å². The molecule has 1 aromatic rings. The summed E-state index contributed by atoms with van der Waals surface area (Å²) in [6, 6.07) is 7.40. The van der Waals surface area contributed by atoms with Crippen molar-refractivity contribution in [2.24, 2.45) is 0 Å². The number of benzene rings is 1. The van der Waals surface area contributed by atoms with E-state index in [4.69, 9.17) is 4.74 Å². The van der Waals surface area contributed by atoms with E-state index in [2.05, 4.69) is 0 Å². The monoisotopic (exact) mass is 222 g/mol. The van der Waals surface area contributed by atoms with E-state index in [1.54, 1.807) is 12.1 Å². The number of hydrogen-bond donors (Lipinski definition) is 0. The van der Waals surface area contributed by atoms with Crippen LogP contribution < -0.4 is 0 Å². The lowest BCUT2D eigenvalue weighted by molar-refractivity contribution is 0.0334. The highest BCUT2D eigenvalue weighted by atomic mass is 16.5. The average Bonchev–Trinajstić information content (AvgIpc) is 2.32. The Kier molecular flexibility index (Phi) is 7.27. The molecule has 0 heterocycles. The fraction of sp³-hybridized carbons (Fsp3) is 0.500. The molecule has 0 aliphatic carbocycles. The van der Waals surface area contributed by atoms with Gasteiger partial charge in [0.15, 0.2) is 0 Å². The van der Waals surface area contributed by atoms with E-state index in [0.717, 1.165) is 12.0 Å². The van der Waals surface area contributed by atoms with Gasteiger partial charge in [-0.25, -0.2) is 4.79 Å². The zero-order valence-electron chi connectivity index (χ0n) is 10.9. The highest BCUT2D eigenvalue weighted by Crippen LogP contribution is 2.07. The van der Waals surface area contributed by atoms with Gasteiger partial charge in [-0.2, -0.15) is 0 Å². The summed E-state index contributed by atoms with van der Waals surface area (Å²) in [5, 5.41) is 0. The van der Waals surface area contributed by atoms with Crippen LogP contribution in [0.3, 0.4) is 0 Å². The van der Waals surface area contributed by atoms with Crippen molar-refractivity contribution in [3.63, 3.8) is 0 Å². The summed E-state index contributed by atoms with van der Waals surface area (Å²) < 4.78 is 5.19. The van der Waals surface area contributed by atoms with E-state index in [0.29, 0.717) is 5.56 Å². The molecule has 0 spiro atoms. The molecule has 0 bridgehead atoms. The minimum atomic E-state index is -0.237. The lowest BCUT2D eigenvalue weighted by Gasteiger charge is -2.10. The largest absolute Gasteiger partial charge is 0.459 e. The summed E-state index contributed by atoms with van der Waals surface area (Å²) in [5.74, 6) is -0.237. The van der Waals surface area contributed by atoms with Crippen LogP contribution in [0, 0.1) is 6.92 Å². The summed E-state index contributed by atoms with van der Waals surface area (Å²) >= 11 is 0. The van der Waals surface area contributed by atoms with Gasteiger partial charge in [0.2, 0.25) is 0 Å². The molecular weight excluding hydrogens is 200 g/mol. The molecule has 1 rings (SSSR count). The van der Waals surface area contributed by atoms with Crippen molar-refractivity contribution in [2.45, 2.75) is 47.1 Å². The number of carbonyl (C=O) groups excluding carboxylic acids is 1. The topological polar surface area (TPSA) is 26.3 Å².